The molecule has 1 atom stereocenters. The molecule has 0 saturated carbocycles. The minimum atomic E-state index is 0.0842. The molecule has 3 heteroatoms. The average Bonchev–Trinajstić information content (AvgIpc) is 2.83. The third kappa shape index (κ3) is 2.16. The van der Waals surface area contributed by atoms with Crippen LogP contribution >= 0.6 is 11.3 Å². The predicted octanol–water partition coefficient (Wildman–Crippen LogP) is 4.39. The number of aryl methyl sites for hydroxylation is 1. The molecule has 2 nitrogen and oxygen atoms in total. The monoisotopic (exact) mass is 285 g/mol. The van der Waals surface area contributed by atoms with E-state index in [1.54, 1.807) is 11.3 Å². The van der Waals surface area contributed by atoms with E-state index in [4.69, 9.17) is 5.73 Å². The van der Waals surface area contributed by atoms with Gasteiger partial charge in [-0.3, -0.25) is 4.79 Å². The Balaban J connectivity index is 2.10. The van der Waals surface area contributed by atoms with Crippen LogP contribution in [0.4, 0.5) is 5.00 Å². The minimum Gasteiger partial charge on any atom is -0.390 e. The van der Waals surface area contributed by atoms with Gasteiger partial charge in [0.2, 0.25) is 0 Å². The van der Waals surface area contributed by atoms with Crippen molar-refractivity contribution < 1.29 is 4.79 Å². The maximum Gasteiger partial charge on any atom is 0.196 e. The number of ketones is 1. The number of anilines is 1. The van der Waals surface area contributed by atoms with Crippen LogP contribution in [0.5, 0.6) is 0 Å². The van der Waals surface area contributed by atoms with Crippen molar-refractivity contribution in [1.29, 1.82) is 0 Å². The summed E-state index contributed by atoms with van der Waals surface area (Å²) in [4.78, 5) is 14.1. The van der Waals surface area contributed by atoms with Crippen LogP contribution in [0.1, 0.15) is 58.5 Å². The summed E-state index contributed by atoms with van der Waals surface area (Å²) in [6, 6.07) is 9.47. The van der Waals surface area contributed by atoms with Crippen LogP contribution in [-0.4, -0.2) is 5.78 Å². The third-order valence-corrected chi connectivity index (χ3v) is 5.26. The lowest BCUT2D eigenvalue weighted by atomic mass is 9.82. The van der Waals surface area contributed by atoms with Gasteiger partial charge in [0.15, 0.2) is 5.78 Å². The molecule has 0 amide bonds. The second kappa shape index (κ2) is 5.41. The van der Waals surface area contributed by atoms with Crippen molar-refractivity contribution in [2.24, 2.45) is 0 Å². The van der Waals surface area contributed by atoms with Gasteiger partial charge in [0.05, 0.1) is 10.6 Å². The van der Waals surface area contributed by atoms with Gasteiger partial charge in [0, 0.05) is 10.4 Å². The van der Waals surface area contributed by atoms with Gasteiger partial charge in [0.1, 0.15) is 0 Å². The fraction of sp³-hybridized carbons (Fsp3) is 0.353. The third-order valence-electron chi connectivity index (χ3n) is 4.17. The highest BCUT2D eigenvalue weighted by molar-refractivity contribution is 7.16. The molecule has 1 aliphatic carbocycles. The molecule has 1 aromatic heterocycles. The first-order valence-corrected chi connectivity index (χ1v) is 8.04. The zero-order valence-corrected chi connectivity index (χ0v) is 12.5. The zero-order valence-electron chi connectivity index (χ0n) is 11.7. The van der Waals surface area contributed by atoms with Gasteiger partial charge in [-0.25, -0.2) is 0 Å². The summed E-state index contributed by atoms with van der Waals surface area (Å²) in [5.74, 6) is 0.580. The SMILES string of the molecule is CCC1CCCc2sc(N)c(C(=O)c3ccccc3)c21. The molecule has 0 spiro atoms. The second-order valence-corrected chi connectivity index (χ2v) is 6.51. The Kier molecular flexibility index (Phi) is 3.62. The Morgan fingerprint density at radius 2 is 2.10 bits per heavy atom. The average molecular weight is 285 g/mol. The summed E-state index contributed by atoms with van der Waals surface area (Å²) in [7, 11) is 0. The first-order chi connectivity index (χ1) is 9.72. The molecule has 1 heterocycles. The predicted molar refractivity (Wildman–Crippen MR) is 84.6 cm³/mol. The van der Waals surface area contributed by atoms with Crippen molar-refractivity contribution in [1.82, 2.24) is 0 Å². The topological polar surface area (TPSA) is 43.1 Å². The van der Waals surface area contributed by atoms with Crippen LogP contribution in [0.2, 0.25) is 0 Å². The van der Waals surface area contributed by atoms with Crippen molar-refractivity contribution in [3.05, 3.63) is 51.9 Å². The lowest BCUT2D eigenvalue weighted by molar-refractivity contribution is 0.103. The van der Waals surface area contributed by atoms with E-state index in [0.29, 0.717) is 10.9 Å². The van der Waals surface area contributed by atoms with Gasteiger partial charge in [-0.2, -0.15) is 0 Å². The molecule has 0 saturated heterocycles. The van der Waals surface area contributed by atoms with E-state index >= 15 is 0 Å². The van der Waals surface area contributed by atoms with Crippen LogP contribution in [0.15, 0.2) is 30.3 Å². The lowest BCUT2D eigenvalue weighted by Gasteiger charge is -2.22. The summed E-state index contributed by atoms with van der Waals surface area (Å²) in [6.07, 6.45) is 4.54. The number of fused-ring (bicyclic) bond motifs is 1. The van der Waals surface area contributed by atoms with Crippen LogP contribution in [-0.2, 0) is 6.42 Å². The summed E-state index contributed by atoms with van der Waals surface area (Å²) in [5, 5.41) is 0.698. The quantitative estimate of drug-likeness (QED) is 0.850. The summed E-state index contributed by atoms with van der Waals surface area (Å²) >= 11 is 1.62. The molecule has 0 radical (unpaired) electrons. The van der Waals surface area contributed by atoms with Crippen molar-refractivity contribution in [2.75, 3.05) is 5.73 Å². The van der Waals surface area contributed by atoms with Crippen LogP contribution < -0.4 is 5.73 Å². The van der Waals surface area contributed by atoms with E-state index in [1.807, 2.05) is 30.3 Å². The first-order valence-electron chi connectivity index (χ1n) is 7.23. The van der Waals surface area contributed by atoms with E-state index < -0.39 is 0 Å². The Morgan fingerprint density at radius 1 is 1.35 bits per heavy atom. The summed E-state index contributed by atoms with van der Waals surface area (Å²) in [6.45, 7) is 2.20. The normalized spacial score (nSPS) is 17.8. The van der Waals surface area contributed by atoms with Gasteiger partial charge in [-0.15, -0.1) is 11.3 Å². The molecule has 1 aliphatic rings. The molecule has 20 heavy (non-hydrogen) atoms. The molecule has 2 N–H and O–H groups in total. The Hall–Kier alpha value is -1.61. The van der Waals surface area contributed by atoms with Crippen LogP contribution in [0.25, 0.3) is 0 Å². The highest BCUT2D eigenvalue weighted by atomic mass is 32.1. The molecule has 104 valence electrons. The van der Waals surface area contributed by atoms with Gasteiger partial charge in [-0.05, 0) is 37.2 Å². The van der Waals surface area contributed by atoms with E-state index in [-0.39, 0.29) is 5.78 Å². The van der Waals surface area contributed by atoms with Gasteiger partial charge < -0.3 is 5.73 Å². The van der Waals surface area contributed by atoms with E-state index in [9.17, 15) is 4.79 Å². The molecular weight excluding hydrogens is 266 g/mol. The minimum absolute atomic E-state index is 0.0842. The number of thiophene rings is 1. The number of nitrogens with two attached hydrogens (primary N) is 1. The second-order valence-electron chi connectivity index (χ2n) is 5.37. The lowest BCUT2D eigenvalue weighted by Crippen LogP contribution is -2.13. The first kappa shape index (κ1) is 13.4. The Morgan fingerprint density at radius 3 is 2.80 bits per heavy atom. The maximum atomic E-state index is 12.8. The summed E-state index contributed by atoms with van der Waals surface area (Å²) in [5.41, 5.74) is 8.94. The van der Waals surface area contributed by atoms with E-state index in [1.165, 1.54) is 23.3 Å². The van der Waals surface area contributed by atoms with E-state index in [2.05, 4.69) is 6.92 Å². The number of rotatable bonds is 3. The number of carbonyl (C=O) groups is 1. The highest BCUT2D eigenvalue weighted by Gasteiger charge is 2.29. The molecular formula is C17H19NOS. The molecule has 1 aromatic carbocycles. The fourth-order valence-corrected chi connectivity index (χ4v) is 4.35. The summed E-state index contributed by atoms with van der Waals surface area (Å²) < 4.78 is 0. The molecule has 3 rings (SSSR count). The van der Waals surface area contributed by atoms with Gasteiger partial charge in [-0.1, -0.05) is 37.3 Å². The number of hydrogen-bond donors (Lipinski definition) is 1. The number of hydrogen-bond acceptors (Lipinski definition) is 3. The van der Waals surface area contributed by atoms with Crippen LogP contribution in [0.3, 0.4) is 0 Å². The Bertz CT molecular complexity index is 630. The van der Waals surface area contributed by atoms with Crippen LogP contribution in [0, 0.1) is 0 Å². The molecule has 0 aliphatic heterocycles. The van der Waals surface area contributed by atoms with E-state index in [0.717, 1.165) is 24.0 Å². The standard InChI is InChI=1S/C17H19NOS/c1-2-11-9-6-10-13-14(11)15(17(18)20-13)16(19)12-7-4-3-5-8-12/h3-5,7-8,11H,2,6,9-10,18H2,1H3. The van der Waals surface area contributed by atoms with Gasteiger partial charge >= 0.3 is 0 Å². The van der Waals surface area contributed by atoms with Gasteiger partial charge in [0.25, 0.3) is 0 Å². The van der Waals surface area contributed by atoms with Crippen molar-refractivity contribution >= 4 is 22.1 Å². The molecule has 0 bridgehead atoms. The maximum absolute atomic E-state index is 12.8. The molecule has 1 unspecified atom stereocenters. The highest BCUT2D eigenvalue weighted by Crippen LogP contribution is 2.44. The van der Waals surface area contributed by atoms with Crippen molar-refractivity contribution in [2.45, 2.75) is 38.5 Å². The fourth-order valence-electron chi connectivity index (χ4n) is 3.16. The number of benzene rings is 1. The molecule has 0 fully saturated rings. The van der Waals surface area contributed by atoms with Crippen molar-refractivity contribution in [3.8, 4) is 0 Å². The molecule has 2 aromatic rings. The van der Waals surface area contributed by atoms with Crippen molar-refractivity contribution in [3.63, 3.8) is 0 Å². The Labute approximate surface area is 123 Å². The smallest absolute Gasteiger partial charge is 0.196 e. The number of carbonyl (C=O) groups excluding carboxylic acids is 1. The largest absolute Gasteiger partial charge is 0.390 e. The zero-order chi connectivity index (χ0) is 14.1. The number of nitrogen functional groups attached to an aromatic ring is 1.